The quantitative estimate of drug-likeness (QED) is 0.0448. The average Bonchev–Trinajstić information content (AvgIpc) is 2.85. The van der Waals surface area contributed by atoms with E-state index in [9.17, 15) is 9.59 Å². The van der Waals surface area contributed by atoms with Crippen molar-refractivity contribution in [3.05, 3.63) is 0 Å². The maximum absolute atomic E-state index is 11.8. The number of esters is 2. The van der Waals surface area contributed by atoms with Crippen molar-refractivity contribution in [3.63, 3.8) is 0 Å². The number of carbonyl (C=O) groups excluding carboxylic acids is 2. The topological polar surface area (TPSA) is 43.4 Å². The standard InChI is InChI=1S/C32H62O3.Na.H/c1-3-5-7-9-11-13-15-17-19-21-23-25-27-29-31(33)35-32(34)30-28-26-24-22-20-18-16-14-12-10-8-6-4-2;;/h3-30H2,1-2H3;;. The van der Waals surface area contributed by atoms with Gasteiger partial charge in [-0.1, -0.05) is 168 Å². The third-order valence-electron chi connectivity index (χ3n) is 7.20. The summed E-state index contributed by atoms with van der Waals surface area (Å²) in [6.45, 7) is 4.54. The van der Waals surface area contributed by atoms with Crippen LogP contribution in [-0.4, -0.2) is 41.5 Å². The minimum atomic E-state index is -0.326. The van der Waals surface area contributed by atoms with Crippen LogP contribution in [0.5, 0.6) is 0 Å². The summed E-state index contributed by atoms with van der Waals surface area (Å²) in [5.74, 6) is -0.652. The first kappa shape index (κ1) is 38.3. The Morgan fingerprint density at radius 3 is 0.778 bits per heavy atom. The van der Waals surface area contributed by atoms with Gasteiger partial charge in [0.2, 0.25) is 0 Å². The van der Waals surface area contributed by atoms with E-state index in [2.05, 4.69) is 13.8 Å². The summed E-state index contributed by atoms with van der Waals surface area (Å²) in [7, 11) is 0. The van der Waals surface area contributed by atoms with Gasteiger partial charge in [0.1, 0.15) is 0 Å². The van der Waals surface area contributed by atoms with Crippen LogP contribution in [0.3, 0.4) is 0 Å². The second kappa shape index (κ2) is 33.2. The molecule has 0 aromatic carbocycles. The molecule has 36 heavy (non-hydrogen) atoms. The van der Waals surface area contributed by atoms with Crippen LogP contribution in [-0.2, 0) is 14.3 Å². The van der Waals surface area contributed by atoms with Crippen molar-refractivity contribution in [2.75, 3.05) is 0 Å². The first-order chi connectivity index (χ1) is 17.2. The first-order valence-electron chi connectivity index (χ1n) is 15.9. The van der Waals surface area contributed by atoms with Crippen LogP contribution < -0.4 is 0 Å². The Morgan fingerprint density at radius 1 is 0.361 bits per heavy atom. The molecule has 0 saturated carbocycles. The predicted molar refractivity (Wildman–Crippen MR) is 159 cm³/mol. The average molecular weight is 519 g/mol. The molecule has 0 aromatic heterocycles. The van der Waals surface area contributed by atoms with Gasteiger partial charge in [-0.3, -0.25) is 9.59 Å². The van der Waals surface area contributed by atoms with Gasteiger partial charge >= 0.3 is 41.5 Å². The van der Waals surface area contributed by atoms with E-state index < -0.39 is 0 Å². The predicted octanol–water partition coefficient (Wildman–Crippen LogP) is 10.4. The second-order valence-electron chi connectivity index (χ2n) is 10.8. The molecular formula is C32H63NaO3. The van der Waals surface area contributed by atoms with Crippen molar-refractivity contribution >= 4 is 41.5 Å². The molecule has 0 N–H and O–H groups in total. The van der Waals surface area contributed by atoms with Crippen molar-refractivity contribution in [1.82, 2.24) is 0 Å². The molecule has 0 spiro atoms. The van der Waals surface area contributed by atoms with Gasteiger partial charge in [0, 0.05) is 12.8 Å². The van der Waals surface area contributed by atoms with Crippen LogP contribution in [0.1, 0.15) is 194 Å². The Morgan fingerprint density at radius 2 is 0.556 bits per heavy atom. The van der Waals surface area contributed by atoms with Gasteiger partial charge in [-0.15, -0.1) is 0 Å². The van der Waals surface area contributed by atoms with Gasteiger partial charge in [0.05, 0.1) is 0 Å². The van der Waals surface area contributed by atoms with Crippen molar-refractivity contribution < 1.29 is 14.3 Å². The molecule has 0 fully saturated rings. The molecule has 0 aliphatic rings. The van der Waals surface area contributed by atoms with E-state index in [0.717, 1.165) is 25.7 Å². The summed E-state index contributed by atoms with van der Waals surface area (Å²) in [4.78, 5) is 23.7. The van der Waals surface area contributed by atoms with E-state index >= 15 is 0 Å². The maximum atomic E-state index is 11.8. The van der Waals surface area contributed by atoms with Crippen molar-refractivity contribution in [1.29, 1.82) is 0 Å². The summed E-state index contributed by atoms with van der Waals surface area (Å²) < 4.78 is 4.99. The Bertz CT molecular complexity index is 413. The van der Waals surface area contributed by atoms with Crippen LogP contribution >= 0.6 is 0 Å². The van der Waals surface area contributed by atoms with Crippen LogP contribution in [0.4, 0.5) is 0 Å². The van der Waals surface area contributed by atoms with Gasteiger partial charge in [-0.25, -0.2) is 0 Å². The minimum absolute atomic E-state index is 0. The monoisotopic (exact) mass is 518 g/mol. The molecule has 0 unspecified atom stereocenters. The molecule has 0 heterocycles. The third-order valence-corrected chi connectivity index (χ3v) is 7.20. The normalized spacial score (nSPS) is 10.8. The van der Waals surface area contributed by atoms with Crippen molar-refractivity contribution in [2.45, 2.75) is 194 Å². The third kappa shape index (κ3) is 32.2. The second-order valence-corrected chi connectivity index (χ2v) is 10.8. The van der Waals surface area contributed by atoms with Gasteiger partial charge in [0.25, 0.3) is 0 Å². The molecule has 0 atom stereocenters. The summed E-state index contributed by atoms with van der Waals surface area (Å²) in [6, 6.07) is 0. The molecule has 0 aliphatic carbocycles. The molecule has 0 aliphatic heterocycles. The fourth-order valence-electron chi connectivity index (χ4n) is 4.80. The SMILES string of the molecule is CCCCCCCCCCCCCCCC(=O)OC(=O)CCCCCCCCCCCCCCC.[NaH]. The van der Waals surface area contributed by atoms with Crippen LogP contribution in [0.2, 0.25) is 0 Å². The Hall–Kier alpha value is 0.140. The van der Waals surface area contributed by atoms with E-state index in [1.54, 1.807) is 0 Å². The van der Waals surface area contributed by atoms with Gasteiger partial charge in [-0.05, 0) is 12.8 Å². The number of hydrogen-bond acceptors (Lipinski definition) is 3. The molecule has 4 heteroatoms. The fourth-order valence-corrected chi connectivity index (χ4v) is 4.80. The molecule has 0 aromatic rings. The van der Waals surface area contributed by atoms with Crippen LogP contribution in [0.15, 0.2) is 0 Å². The van der Waals surface area contributed by atoms with Gasteiger partial charge in [-0.2, -0.15) is 0 Å². The fraction of sp³-hybridized carbons (Fsp3) is 0.938. The van der Waals surface area contributed by atoms with E-state index in [0.29, 0.717) is 12.8 Å². The van der Waals surface area contributed by atoms with Crippen molar-refractivity contribution in [2.24, 2.45) is 0 Å². The summed E-state index contributed by atoms with van der Waals surface area (Å²) in [6.07, 6.45) is 34.3. The molecule has 210 valence electrons. The Kier molecular flexibility index (Phi) is 35.3. The molecule has 0 amide bonds. The molecule has 3 nitrogen and oxygen atoms in total. The van der Waals surface area contributed by atoms with E-state index in [-0.39, 0.29) is 41.5 Å². The Labute approximate surface area is 248 Å². The number of carbonyl (C=O) groups is 2. The van der Waals surface area contributed by atoms with Crippen LogP contribution in [0, 0.1) is 0 Å². The number of rotatable bonds is 28. The van der Waals surface area contributed by atoms with E-state index in [1.165, 1.54) is 141 Å². The molecule has 0 bridgehead atoms. The molecule has 0 radical (unpaired) electrons. The number of ether oxygens (including phenoxy) is 1. The summed E-state index contributed by atoms with van der Waals surface area (Å²) >= 11 is 0. The number of unbranched alkanes of at least 4 members (excludes halogenated alkanes) is 24. The zero-order valence-corrected chi connectivity index (χ0v) is 24.0. The summed E-state index contributed by atoms with van der Waals surface area (Å²) in [5, 5.41) is 0. The van der Waals surface area contributed by atoms with Crippen molar-refractivity contribution in [3.8, 4) is 0 Å². The Balaban J connectivity index is 0. The zero-order valence-electron chi connectivity index (χ0n) is 24.0. The summed E-state index contributed by atoms with van der Waals surface area (Å²) in [5.41, 5.74) is 0. The van der Waals surface area contributed by atoms with Gasteiger partial charge < -0.3 is 4.74 Å². The van der Waals surface area contributed by atoms with Gasteiger partial charge in [0.15, 0.2) is 0 Å². The van der Waals surface area contributed by atoms with E-state index in [4.69, 9.17) is 4.74 Å². The number of hydrogen-bond donors (Lipinski definition) is 0. The molecule has 0 saturated heterocycles. The first-order valence-corrected chi connectivity index (χ1v) is 15.9. The molecular weight excluding hydrogens is 455 g/mol. The zero-order chi connectivity index (χ0) is 25.7. The van der Waals surface area contributed by atoms with Crippen LogP contribution in [0.25, 0.3) is 0 Å². The van der Waals surface area contributed by atoms with E-state index in [1.807, 2.05) is 0 Å². The molecule has 0 rings (SSSR count).